The highest BCUT2D eigenvalue weighted by Crippen LogP contribution is 2.40. The number of hydrogen-bond donors (Lipinski definition) is 4. The molecule has 0 bridgehead atoms. The van der Waals surface area contributed by atoms with E-state index in [0.717, 1.165) is 59.7 Å². The van der Waals surface area contributed by atoms with Crippen LogP contribution in [-0.4, -0.2) is 123 Å². The van der Waals surface area contributed by atoms with E-state index in [0.29, 0.717) is 47.9 Å². The molecule has 2 saturated heterocycles. The fraction of sp³-hybridized carbons (Fsp3) is 0.407. The smallest absolute Gasteiger partial charge is 0.308 e. The standard InChI is InChI=1S/C59H66N10O9S2/c1-31-34(4)80-58-49(31)50(63-44(27-48(71)76-9)53-66-65-35(5)69(53)58)37-14-16-41(17-15-37)67-22-20-39(28-67)54(72)60-21-23-77-43-18-19-46-40(24-43)25-47(78-46)56(74)64-52(59(6,7)8)57(75)68-29-42(70)26-45(68)55(73)62-32(2)36-10-12-38(13-11-36)51-33(3)61-30-79-51/h10-19,24-25,30,32,39,42,44-45,52,70H,20-23,26-29H2,1-9H3,(H,60,72)(H,62,73)(H,64,74)/t32-,39+,42+,44-,45-,52?/m0/s1. The van der Waals surface area contributed by atoms with Crippen LogP contribution in [-0.2, 0) is 23.9 Å². The number of anilines is 1. The Morgan fingerprint density at radius 1 is 0.912 bits per heavy atom. The van der Waals surface area contributed by atoms with Gasteiger partial charge in [0.1, 0.15) is 46.9 Å². The molecule has 3 aliphatic rings. The molecule has 0 radical (unpaired) electrons. The number of fused-ring (bicyclic) bond motifs is 4. The molecule has 0 aliphatic carbocycles. The normalized spacial score (nSPS) is 18.7. The molecule has 7 heterocycles. The van der Waals surface area contributed by atoms with E-state index in [1.165, 1.54) is 12.0 Å². The van der Waals surface area contributed by atoms with Crippen LogP contribution in [0.2, 0.25) is 0 Å². The zero-order valence-corrected chi connectivity index (χ0v) is 47.9. The fourth-order valence-corrected chi connectivity index (χ4v) is 12.8. The van der Waals surface area contributed by atoms with Crippen molar-refractivity contribution in [2.75, 3.05) is 44.8 Å². The number of aromatic nitrogens is 4. The lowest BCUT2D eigenvalue weighted by molar-refractivity contribution is -0.142. The van der Waals surface area contributed by atoms with Gasteiger partial charge in [0, 0.05) is 53.1 Å². The Bertz CT molecular complexity index is 3520. The van der Waals surface area contributed by atoms with Crippen molar-refractivity contribution in [2.45, 2.75) is 105 Å². The first-order valence-corrected chi connectivity index (χ1v) is 28.5. The van der Waals surface area contributed by atoms with Crippen LogP contribution in [0.25, 0.3) is 26.4 Å². The molecule has 0 saturated carbocycles. The van der Waals surface area contributed by atoms with E-state index < -0.39 is 47.4 Å². The Labute approximate surface area is 471 Å². The van der Waals surface area contributed by atoms with Gasteiger partial charge >= 0.3 is 5.97 Å². The van der Waals surface area contributed by atoms with Crippen molar-refractivity contribution < 1.29 is 43.0 Å². The number of carbonyl (C=O) groups is 5. The van der Waals surface area contributed by atoms with Gasteiger partial charge in [-0.25, -0.2) is 4.98 Å². The number of aliphatic hydroxyl groups is 1. The van der Waals surface area contributed by atoms with Crippen LogP contribution in [0.4, 0.5) is 5.69 Å². The van der Waals surface area contributed by atoms with E-state index in [9.17, 15) is 29.1 Å². The summed E-state index contributed by atoms with van der Waals surface area (Å²) < 4.78 is 19.0. The third-order valence-corrected chi connectivity index (χ3v) is 17.5. The van der Waals surface area contributed by atoms with Crippen LogP contribution < -0.4 is 25.6 Å². The Kier molecular flexibility index (Phi) is 15.8. The molecule has 7 aromatic rings. The summed E-state index contributed by atoms with van der Waals surface area (Å²) in [5.41, 5.74) is 9.08. The highest BCUT2D eigenvalue weighted by atomic mass is 32.1. The van der Waals surface area contributed by atoms with Crippen LogP contribution in [0, 0.1) is 39.0 Å². The topological polar surface area (TPSA) is 236 Å². The number of nitrogens with zero attached hydrogens (tertiary/aromatic N) is 7. The molecule has 3 aromatic carbocycles. The van der Waals surface area contributed by atoms with Gasteiger partial charge in [-0.3, -0.25) is 33.5 Å². The van der Waals surface area contributed by atoms with Crippen LogP contribution in [0.1, 0.15) is 114 Å². The predicted molar refractivity (Wildman–Crippen MR) is 306 cm³/mol. The number of likely N-dealkylation sites (tertiary alicyclic amines) is 1. The zero-order valence-electron chi connectivity index (χ0n) is 46.3. The largest absolute Gasteiger partial charge is 0.492 e. The molecule has 4 N–H and O–H groups in total. The highest BCUT2D eigenvalue weighted by Gasteiger charge is 2.45. The number of esters is 1. The van der Waals surface area contributed by atoms with E-state index in [4.69, 9.17) is 18.9 Å². The Balaban J connectivity index is 0.717. The lowest BCUT2D eigenvalue weighted by Crippen LogP contribution is -2.57. The summed E-state index contributed by atoms with van der Waals surface area (Å²) in [6.45, 7) is 17.1. The maximum atomic E-state index is 14.4. The lowest BCUT2D eigenvalue weighted by Gasteiger charge is -2.35. The Morgan fingerprint density at radius 3 is 2.38 bits per heavy atom. The minimum absolute atomic E-state index is 0.0159. The van der Waals surface area contributed by atoms with Gasteiger partial charge in [-0.05, 0) is 99.5 Å². The number of β-amino-alcohol motifs (C(OH)–C–C–N with tert-alkyl or cyclic N) is 1. The number of benzene rings is 3. The van der Waals surface area contributed by atoms with E-state index in [1.54, 1.807) is 46.9 Å². The number of nitrogens with one attached hydrogen (secondary N) is 3. The van der Waals surface area contributed by atoms with E-state index in [2.05, 4.69) is 62.0 Å². The average molecular weight is 1120 g/mol. The first-order chi connectivity index (χ1) is 38.3. The number of ether oxygens (including phenoxy) is 2. The molecule has 6 atom stereocenters. The van der Waals surface area contributed by atoms with Gasteiger partial charge in [0.25, 0.3) is 5.91 Å². The zero-order chi connectivity index (χ0) is 56.7. The van der Waals surface area contributed by atoms with Gasteiger partial charge in [0.15, 0.2) is 11.6 Å². The molecule has 3 aliphatic heterocycles. The summed E-state index contributed by atoms with van der Waals surface area (Å²) in [6, 6.07) is 19.8. The van der Waals surface area contributed by atoms with Crippen LogP contribution in [0.3, 0.4) is 0 Å². The number of aliphatic imine (C=N–C) groups is 1. The third kappa shape index (κ3) is 11.4. The fourth-order valence-electron chi connectivity index (χ4n) is 10.7. The molecule has 10 rings (SSSR count). The van der Waals surface area contributed by atoms with Crippen molar-refractivity contribution in [3.8, 4) is 21.2 Å². The van der Waals surface area contributed by atoms with Crippen molar-refractivity contribution >= 4 is 74.6 Å². The maximum absolute atomic E-state index is 14.4. The summed E-state index contributed by atoms with van der Waals surface area (Å²) in [7, 11) is 1.37. The molecule has 80 heavy (non-hydrogen) atoms. The molecule has 418 valence electrons. The summed E-state index contributed by atoms with van der Waals surface area (Å²) in [5, 5.41) is 30.1. The summed E-state index contributed by atoms with van der Waals surface area (Å²) in [6.07, 6.45) is -0.152. The van der Waals surface area contributed by atoms with Gasteiger partial charge in [0.05, 0.1) is 59.9 Å². The third-order valence-electron chi connectivity index (χ3n) is 15.3. The number of aryl methyl sites for hydroxylation is 3. The van der Waals surface area contributed by atoms with Gasteiger partial charge in [-0.15, -0.1) is 32.9 Å². The number of amides is 4. The van der Waals surface area contributed by atoms with Crippen molar-refractivity contribution in [3.05, 3.63) is 129 Å². The molecule has 19 nitrogen and oxygen atoms in total. The molecule has 4 aromatic heterocycles. The molecule has 21 heteroatoms. The van der Waals surface area contributed by atoms with Crippen LogP contribution >= 0.6 is 22.7 Å². The minimum Gasteiger partial charge on any atom is -0.492 e. The number of methoxy groups -OCH3 is 1. The second kappa shape index (κ2) is 22.8. The Hall–Kier alpha value is -7.75. The minimum atomic E-state index is -1.07. The number of rotatable bonds is 16. The molecular formula is C59H66N10O9S2. The molecule has 2 fully saturated rings. The number of hydrogen-bond acceptors (Lipinski definition) is 16. The Morgan fingerprint density at radius 2 is 1.66 bits per heavy atom. The van der Waals surface area contributed by atoms with Crippen molar-refractivity contribution in [1.29, 1.82) is 0 Å². The predicted octanol–water partition coefficient (Wildman–Crippen LogP) is 7.89. The van der Waals surface area contributed by atoms with Crippen molar-refractivity contribution in [3.63, 3.8) is 0 Å². The van der Waals surface area contributed by atoms with Gasteiger partial charge in [-0.2, -0.15) is 0 Å². The summed E-state index contributed by atoms with van der Waals surface area (Å²) in [4.78, 5) is 83.4. The maximum Gasteiger partial charge on any atom is 0.308 e. The monoisotopic (exact) mass is 1120 g/mol. The van der Waals surface area contributed by atoms with Crippen LogP contribution in [0.15, 0.2) is 87.7 Å². The number of aliphatic hydroxyl groups excluding tert-OH is 1. The van der Waals surface area contributed by atoms with E-state index in [1.807, 2.05) is 88.0 Å². The van der Waals surface area contributed by atoms with E-state index >= 15 is 0 Å². The summed E-state index contributed by atoms with van der Waals surface area (Å²) >= 11 is 3.22. The quantitative estimate of drug-likeness (QED) is 0.0533. The second-order valence-electron chi connectivity index (χ2n) is 21.9. The highest BCUT2D eigenvalue weighted by molar-refractivity contribution is 7.15. The van der Waals surface area contributed by atoms with Gasteiger partial charge in [0.2, 0.25) is 17.7 Å². The number of thiazole rings is 1. The average Bonchev–Trinajstić information content (AvgIpc) is 4.33. The van der Waals surface area contributed by atoms with Gasteiger partial charge in [-0.1, -0.05) is 57.2 Å². The van der Waals surface area contributed by atoms with Crippen LogP contribution in [0.5, 0.6) is 5.75 Å². The number of carbonyl (C=O) groups excluding carboxylic acids is 5. The SMILES string of the molecule is COC(=O)C[C@@H]1N=C(c2ccc(N3CC[C@@H](C(=O)NCCOc4ccc5oc(C(=O)NC(C(=O)N6C[C@H](O)C[C@H]6C(=O)N[C@@H](C)c6ccc(-c7scnc7C)cc6)C(C)(C)C)cc5c4)C3)cc2)c2c(sc(C)c2C)-n2c(C)nnc21. The number of thiophene rings is 1. The molecule has 1 unspecified atom stereocenters. The molecule has 4 amide bonds. The second-order valence-corrected chi connectivity index (χ2v) is 24.0. The lowest BCUT2D eigenvalue weighted by atomic mass is 9.85. The first kappa shape index (κ1) is 55.6. The number of furan rings is 1. The van der Waals surface area contributed by atoms with Gasteiger partial charge < -0.3 is 44.7 Å². The molecule has 0 spiro atoms. The molecular weight excluding hydrogens is 1060 g/mol. The van der Waals surface area contributed by atoms with E-state index in [-0.39, 0.29) is 62.1 Å². The van der Waals surface area contributed by atoms with Crippen molar-refractivity contribution in [1.82, 2.24) is 40.6 Å². The summed E-state index contributed by atoms with van der Waals surface area (Å²) in [5.74, 6) is -0.356. The first-order valence-electron chi connectivity index (χ1n) is 26.8. The van der Waals surface area contributed by atoms with Crippen molar-refractivity contribution in [2.24, 2.45) is 16.3 Å².